The quantitative estimate of drug-likeness (QED) is 0.174. The predicted molar refractivity (Wildman–Crippen MR) is 120 cm³/mol. The summed E-state index contributed by atoms with van der Waals surface area (Å²) in [5.74, 6) is 2.61. The first-order valence-corrected chi connectivity index (χ1v) is 9.27. The van der Waals surface area contributed by atoms with Crippen LogP contribution in [0.1, 0.15) is 12.5 Å². The van der Waals surface area contributed by atoms with Gasteiger partial charge in [0.05, 0.1) is 13.7 Å². The molecule has 0 aliphatic carbocycles. The number of benzene rings is 2. The summed E-state index contributed by atoms with van der Waals surface area (Å²) < 4.78 is 5.19. The Labute approximate surface area is 176 Å². The standard InChI is InChI=1S/C19H25N3O2S.HI/c1-3-20-19(21-11-12-25-17-7-5-4-6-8-17)22-14-15-13-16(24-2)9-10-18(15)23;/h4-10,13,23H,3,11-12,14H2,1-2H3,(H2,20,21,22);1H. The van der Waals surface area contributed by atoms with Gasteiger partial charge in [0, 0.05) is 29.3 Å². The zero-order valence-corrected chi connectivity index (χ0v) is 18.2. The molecule has 0 amide bonds. The Morgan fingerprint density at radius 2 is 1.92 bits per heavy atom. The normalized spacial score (nSPS) is 10.8. The molecule has 0 bridgehead atoms. The van der Waals surface area contributed by atoms with Crippen molar-refractivity contribution in [1.29, 1.82) is 0 Å². The van der Waals surface area contributed by atoms with Crippen LogP contribution in [0, 0.1) is 0 Å². The third kappa shape index (κ3) is 7.74. The van der Waals surface area contributed by atoms with Gasteiger partial charge >= 0.3 is 0 Å². The van der Waals surface area contributed by atoms with Gasteiger partial charge in [-0.2, -0.15) is 0 Å². The molecule has 0 aliphatic heterocycles. The van der Waals surface area contributed by atoms with Gasteiger partial charge < -0.3 is 20.5 Å². The molecule has 5 nitrogen and oxygen atoms in total. The van der Waals surface area contributed by atoms with Crippen molar-refractivity contribution in [3.63, 3.8) is 0 Å². The Balaban J connectivity index is 0.00000338. The molecule has 0 heterocycles. The van der Waals surface area contributed by atoms with E-state index in [0.29, 0.717) is 12.3 Å². The van der Waals surface area contributed by atoms with Crippen molar-refractivity contribution in [1.82, 2.24) is 10.6 Å². The molecule has 7 heteroatoms. The summed E-state index contributed by atoms with van der Waals surface area (Å²) in [6, 6.07) is 15.5. The number of thioether (sulfide) groups is 1. The highest BCUT2D eigenvalue weighted by Gasteiger charge is 2.04. The van der Waals surface area contributed by atoms with Gasteiger partial charge in [-0.15, -0.1) is 35.7 Å². The van der Waals surface area contributed by atoms with E-state index in [1.165, 1.54) is 4.90 Å². The van der Waals surface area contributed by atoms with Crippen molar-refractivity contribution in [2.24, 2.45) is 4.99 Å². The number of aromatic hydroxyl groups is 1. The molecule has 0 atom stereocenters. The largest absolute Gasteiger partial charge is 0.508 e. The van der Waals surface area contributed by atoms with Crippen molar-refractivity contribution >= 4 is 41.7 Å². The van der Waals surface area contributed by atoms with Gasteiger partial charge in [0.2, 0.25) is 0 Å². The number of hydrogen-bond donors (Lipinski definition) is 3. The molecule has 0 saturated heterocycles. The number of hydrogen-bond acceptors (Lipinski definition) is 4. The lowest BCUT2D eigenvalue weighted by atomic mass is 10.2. The SMILES string of the molecule is CCNC(=NCc1cc(OC)ccc1O)NCCSc1ccccc1.I. The molecule has 0 unspecified atom stereocenters. The van der Waals surface area contributed by atoms with E-state index >= 15 is 0 Å². The Morgan fingerprint density at radius 1 is 1.15 bits per heavy atom. The molecule has 26 heavy (non-hydrogen) atoms. The van der Waals surface area contributed by atoms with Crippen LogP contribution < -0.4 is 15.4 Å². The third-order valence-corrected chi connectivity index (χ3v) is 4.46. The number of methoxy groups -OCH3 is 1. The van der Waals surface area contributed by atoms with E-state index in [1.54, 1.807) is 37.1 Å². The van der Waals surface area contributed by atoms with Gasteiger partial charge in [0.25, 0.3) is 0 Å². The Morgan fingerprint density at radius 3 is 2.62 bits per heavy atom. The maximum Gasteiger partial charge on any atom is 0.191 e. The minimum Gasteiger partial charge on any atom is -0.508 e. The van der Waals surface area contributed by atoms with Crippen molar-refractivity contribution in [3.8, 4) is 11.5 Å². The van der Waals surface area contributed by atoms with Gasteiger partial charge in [-0.1, -0.05) is 18.2 Å². The van der Waals surface area contributed by atoms with Gasteiger partial charge in [0.1, 0.15) is 11.5 Å². The van der Waals surface area contributed by atoms with Gasteiger partial charge in [-0.3, -0.25) is 0 Å². The maximum absolute atomic E-state index is 9.94. The van der Waals surface area contributed by atoms with Crippen molar-refractivity contribution in [3.05, 3.63) is 54.1 Å². The molecular formula is C19H26IN3O2S. The van der Waals surface area contributed by atoms with E-state index < -0.39 is 0 Å². The minimum atomic E-state index is 0. The second-order valence-corrected chi connectivity index (χ2v) is 6.45. The number of rotatable bonds is 8. The Hall–Kier alpha value is -1.61. The first-order chi connectivity index (χ1) is 12.2. The predicted octanol–water partition coefficient (Wildman–Crippen LogP) is 3.87. The van der Waals surface area contributed by atoms with Crippen LogP contribution in [0.3, 0.4) is 0 Å². The van der Waals surface area contributed by atoms with E-state index in [9.17, 15) is 5.11 Å². The number of nitrogens with one attached hydrogen (secondary N) is 2. The molecule has 0 spiro atoms. The molecule has 0 radical (unpaired) electrons. The molecule has 0 fully saturated rings. The summed E-state index contributed by atoms with van der Waals surface area (Å²) in [5.41, 5.74) is 0.732. The van der Waals surface area contributed by atoms with Gasteiger partial charge in [0.15, 0.2) is 5.96 Å². The van der Waals surface area contributed by atoms with Gasteiger partial charge in [-0.25, -0.2) is 4.99 Å². The number of nitrogens with zero attached hydrogens (tertiary/aromatic N) is 1. The number of aliphatic imine (C=N–C) groups is 1. The summed E-state index contributed by atoms with van der Waals surface area (Å²) in [7, 11) is 1.61. The summed E-state index contributed by atoms with van der Waals surface area (Å²) in [4.78, 5) is 5.79. The van der Waals surface area contributed by atoms with E-state index in [1.807, 2.05) is 25.1 Å². The lowest BCUT2D eigenvalue weighted by Gasteiger charge is -2.12. The van der Waals surface area contributed by atoms with Crippen LogP contribution in [0.2, 0.25) is 0 Å². The molecule has 2 rings (SSSR count). The topological polar surface area (TPSA) is 65.9 Å². The smallest absolute Gasteiger partial charge is 0.191 e. The van der Waals surface area contributed by atoms with Crippen LogP contribution in [0.25, 0.3) is 0 Å². The molecule has 2 aromatic rings. The van der Waals surface area contributed by atoms with Crippen LogP contribution in [-0.4, -0.2) is 37.0 Å². The second kappa shape index (κ2) is 12.7. The third-order valence-electron chi connectivity index (χ3n) is 3.44. The van der Waals surface area contributed by atoms with Crippen molar-refractivity contribution in [2.75, 3.05) is 26.0 Å². The van der Waals surface area contributed by atoms with E-state index in [2.05, 4.69) is 27.8 Å². The fraction of sp³-hybridized carbons (Fsp3) is 0.316. The lowest BCUT2D eigenvalue weighted by molar-refractivity contribution is 0.411. The maximum atomic E-state index is 9.94. The number of phenolic OH excluding ortho intramolecular Hbond substituents is 1. The zero-order chi connectivity index (χ0) is 17.9. The fourth-order valence-electron chi connectivity index (χ4n) is 2.18. The van der Waals surface area contributed by atoms with Crippen molar-refractivity contribution in [2.45, 2.75) is 18.4 Å². The highest BCUT2D eigenvalue weighted by Crippen LogP contribution is 2.23. The summed E-state index contributed by atoms with van der Waals surface area (Å²) in [5, 5.41) is 16.5. The molecule has 142 valence electrons. The number of guanidine groups is 1. The van der Waals surface area contributed by atoms with E-state index in [-0.39, 0.29) is 29.7 Å². The van der Waals surface area contributed by atoms with E-state index in [4.69, 9.17) is 4.74 Å². The van der Waals surface area contributed by atoms with Crippen molar-refractivity contribution < 1.29 is 9.84 Å². The van der Waals surface area contributed by atoms with E-state index in [0.717, 1.165) is 30.4 Å². The number of ether oxygens (including phenoxy) is 1. The van der Waals surface area contributed by atoms with Crippen LogP contribution >= 0.6 is 35.7 Å². The number of halogens is 1. The van der Waals surface area contributed by atoms with Crippen LogP contribution in [0.5, 0.6) is 11.5 Å². The van der Waals surface area contributed by atoms with Crippen LogP contribution in [0.4, 0.5) is 0 Å². The molecule has 2 aromatic carbocycles. The van der Waals surface area contributed by atoms with Gasteiger partial charge in [-0.05, 0) is 37.3 Å². The highest BCUT2D eigenvalue weighted by atomic mass is 127. The number of phenols is 1. The zero-order valence-electron chi connectivity index (χ0n) is 15.1. The Bertz CT molecular complexity index is 684. The first-order valence-electron chi connectivity index (χ1n) is 8.29. The summed E-state index contributed by atoms with van der Waals surface area (Å²) in [6.07, 6.45) is 0. The molecule has 3 N–H and O–H groups in total. The Kier molecular flexibility index (Phi) is 11.0. The fourth-order valence-corrected chi connectivity index (χ4v) is 2.97. The average molecular weight is 487 g/mol. The molecule has 0 aromatic heterocycles. The first kappa shape index (κ1) is 22.4. The lowest BCUT2D eigenvalue weighted by Crippen LogP contribution is -2.38. The monoisotopic (exact) mass is 487 g/mol. The van der Waals surface area contributed by atoms with Crippen LogP contribution in [0.15, 0.2) is 58.4 Å². The minimum absolute atomic E-state index is 0. The second-order valence-electron chi connectivity index (χ2n) is 5.28. The average Bonchev–Trinajstić information content (AvgIpc) is 2.65. The summed E-state index contributed by atoms with van der Waals surface area (Å²) >= 11 is 1.80. The highest BCUT2D eigenvalue weighted by molar-refractivity contribution is 14.0. The summed E-state index contributed by atoms with van der Waals surface area (Å²) in [6.45, 7) is 3.99. The molecular weight excluding hydrogens is 461 g/mol. The molecule has 0 saturated carbocycles. The molecule has 0 aliphatic rings. The van der Waals surface area contributed by atoms with Crippen LogP contribution in [-0.2, 0) is 6.54 Å².